The van der Waals surface area contributed by atoms with E-state index < -0.39 is 0 Å². The molecule has 0 aromatic rings. The molecule has 14 heavy (non-hydrogen) atoms. The standard InChI is InChI=1S/C12H19NO/c14-12(5-2-6-12)8-13-11-7-9-3-1-4-10(9)11/h1,4,9-11,13-14H,2-3,5-8H2. The molecule has 0 heterocycles. The van der Waals surface area contributed by atoms with E-state index in [2.05, 4.69) is 17.5 Å². The summed E-state index contributed by atoms with van der Waals surface area (Å²) in [5.41, 5.74) is -0.354. The molecule has 0 aromatic carbocycles. The Hall–Kier alpha value is -0.340. The lowest BCUT2D eigenvalue weighted by atomic mass is 9.70. The van der Waals surface area contributed by atoms with Crippen molar-refractivity contribution in [3.05, 3.63) is 12.2 Å². The minimum Gasteiger partial charge on any atom is -0.389 e. The second-order valence-corrected chi connectivity index (χ2v) is 5.30. The second-order valence-electron chi connectivity index (χ2n) is 5.30. The third kappa shape index (κ3) is 1.32. The van der Waals surface area contributed by atoms with Crippen molar-refractivity contribution in [1.82, 2.24) is 5.32 Å². The fourth-order valence-corrected chi connectivity index (χ4v) is 3.03. The van der Waals surface area contributed by atoms with E-state index in [-0.39, 0.29) is 5.60 Å². The van der Waals surface area contributed by atoms with Gasteiger partial charge in [0, 0.05) is 12.6 Å². The Labute approximate surface area is 85.4 Å². The highest BCUT2D eigenvalue weighted by Crippen LogP contribution is 2.43. The minimum absolute atomic E-state index is 0.354. The summed E-state index contributed by atoms with van der Waals surface area (Å²) < 4.78 is 0. The van der Waals surface area contributed by atoms with Crippen LogP contribution in [-0.4, -0.2) is 23.3 Å². The van der Waals surface area contributed by atoms with Crippen LogP contribution in [0.5, 0.6) is 0 Å². The van der Waals surface area contributed by atoms with Crippen molar-refractivity contribution in [2.45, 2.75) is 43.7 Å². The van der Waals surface area contributed by atoms with E-state index in [0.717, 1.165) is 31.2 Å². The first kappa shape index (κ1) is 8.93. The maximum Gasteiger partial charge on any atom is 0.0771 e. The van der Waals surface area contributed by atoms with Gasteiger partial charge in [0.1, 0.15) is 0 Å². The lowest BCUT2D eigenvalue weighted by Gasteiger charge is -2.44. The molecule has 2 saturated carbocycles. The summed E-state index contributed by atoms with van der Waals surface area (Å²) in [6, 6.07) is 0.656. The zero-order valence-electron chi connectivity index (χ0n) is 8.58. The predicted molar refractivity (Wildman–Crippen MR) is 55.9 cm³/mol. The Morgan fingerprint density at radius 1 is 1.43 bits per heavy atom. The summed E-state index contributed by atoms with van der Waals surface area (Å²) in [7, 11) is 0. The van der Waals surface area contributed by atoms with E-state index in [4.69, 9.17) is 0 Å². The van der Waals surface area contributed by atoms with E-state index in [1.165, 1.54) is 19.3 Å². The van der Waals surface area contributed by atoms with Crippen LogP contribution in [0, 0.1) is 11.8 Å². The summed E-state index contributed by atoms with van der Waals surface area (Å²) in [5.74, 6) is 1.70. The molecule has 0 saturated heterocycles. The predicted octanol–water partition coefficient (Wildman–Crippen LogP) is 1.46. The van der Waals surface area contributed by atoms with E-state index >= 15 is 0 Å². The number of allylic oxidation sites excluding steroid dienone is 1. The van der Waals surface area contributed by atoms with Gasteiger partial charge in [0.25, 0.3) is 0 Å². The van der Waals surface area contributed by atoms with Crippen LogP contribution in [0.1, 0.15) is 32.1 Å². The van der Waals surface area contributed by atoms with Gasteiger partial charge >= 0.3 is 0 Å². The largest absolute Gasteiger partial charge is 0.389 e. The maximum absolute atomic E-state index is 9.94. The fourth-order valence-electron chi connectivity index (χ4n) is 3.03. The molecule has 2 N–H and O–H groups in total. The summed E-state index contributed by atoms with van der Waals surface area (Å²) in [6.45, 7) is 0.814. The minimum atomic E-state index is -0.354. The van der Waals surface area contributed by atoms with Gasteiger partial charge in [-0.1, -0.05) is 12.2 Å². The lowest BCUT2D eigenvalue weighted by Crippen LogP contribution is -2.55. The van der Waals surface area contributed by atoms with Crippen LogP contribution in [0.25, 0.3) is 0 Å². The molecular formula is C12H19NO. The van der Waals surface area contributed by atoms with Gasteiger partial charge in [-0.15, -0.1) is 0 Å². The second kappa shape index (κ2) is 3.07. The normalized spacial score (nSPS) is 42.8. The third-order valence-electron chi connectivity index (χ3n) is 4.34. The molecule has 2 nitrogen and oxygen atoms in total. The number of nitrogens with one attached hydrogen (secondary N) is 1. The Morgan fingerprint density at radius 2 is 2.29 bits per heavy atom. The van der Waals surface area contributed by atoms with E-state index in [9.17, 15) is 5.11 Å². The number of rotatable bonds is 3. The van der Waals surface area contributed by atoms with Gasteiger partial charge < -0.3 is 10.4 Å². The van der Waals surface area contributed by atoms with Gasteiger partial charge in [-0.25, -0.2) is 0 Å². The summed E-state index contributed by atoms with van der Waals surface area (Å²) in [5, 5.41) is 13.5. The van der Waals surface area contributed by atoms with E-state index in [0.29, 0.717) is 6.04 Å². The van der Waals surface area contributed by atoms with Crippen LogP contribution in [0.3, 0.4) is 0 Å². The van der Waals surface area contributed by atoms with Gasteiger partial charge in [-0.3, -0.25) is 0 Å². The van der Waals surface area contributed by atoms with Gasteiger partial charge in [-0.2, -0.15) is 0 Å². The first-order valence-electron chi connectivity index (χ1n) is 5.89. The first-order chi connectivity index (χ1) is 6.77. The maximum atomic E-state index is 9.94. The highest BCUT2D eigenvalue weighted by atomic mass is 16.3. The van der Waals surface area contributed by atoms with E-state index in [1.54, 1.807) is 0 Å². The number of hydrogen-bond acceptors (Lipinski definition) is 2. The first-order valence-corrected chi connectivity index (χ1v) is 5.89. The zero-order chi connectivity index (χ0) is 9.60. The summed E-state index contributed by atoms with van der Waals surface area (Å²) in [6.07, 6.45) is 10.5. The number of aliphatic hydroxyl groups is 1. The molecule has 3 aliphatic rings. The molecule has 0 radical (unpaired) electrons. The Kier molecular flexibility index (Phi) is 1.96. The summed E-state index contributed by atoms with van der Waals surface area (Å²) in [4.78, 5) is 0. The molecule has 0 bridgehead atoms. The Balaban J connectivity index is 1.47. The molecule has 0 spiro atoms. The fraction of sp³-hybridized carbons (Fsp3) is 0.833. The summed E-state index contributed by atoms with van der Waals surface area (Å²) >= 11 is 0. The van der Waals surface area contributed by atoms with Crippen molar-refractivity contribution in [3.63, 3.8) is 0 Å². The Morgan fingerprint density at radius 3 is 2.93 bits per heavy atom. The van der Waals surface area contributed by atoms with E-state index in [1.807, 2.05) is 0 Å². The van der Waals surface area contributed by atoms with Gasteiger partial charge in [0.15, 0.2) is 0 Å². The topological polar surface area (TPSA) is 32.3 Å². The molecule has 0 amide bonds. The van der Waals surface area contributed by atoms with Crippen molar-refractivity contribution in [2.75, 3.05) is 6.54 Å². The quantitative estimate of drug-likeness (QED) is 0.665. The molecule has 3 unspecified atom stereocenters. The van der Waals surface area contributed by atoms with Crippen molar-refractivity contribution >= 4 is 0 Å². The molecule has 0 aliphatic heterocycles. The molecule has 0 aromatic heterocycles. The van der Waals surface area contributed by atoms with Crippen LogP contribution in [0.15, 0.2) is 12.2 Å². The van der Waals surface area contributed by atoms with Gasteiger partial charge in [-0.05, 0) is 43.9 Å². The van der Waals surface area contributed by atoms with Crippen molar-refractivity contribution < 1.29 is 5.11 Å². The molecule has 3 rings (SSSR count). The molecule has 78 valence electrons. The van der Waals surface area contributed by atoms with Crippen molar-refractivity contribution in [3.8, 4) is 0 Å². The number of fused-ring (bicyclic) bond motifs is 1. The number of hydrogen-bond donors (Lipinski definition) is 2. The highest BCUT2D eigenvalue weighted by molar-refractivity contribution is 5.13. The van der Waals surface area contributed by atoms with Crippen LogP contribution in [0.4, 0.5) is 0 Å². The smallest absolute Gasteiger partial charge is 0.0771 e. The molecule has 3 aliphatic carbocycles. The molecule has 2 heteroatoms. The molecule has 2 fully saturated rings. The monoisotopic (exact) mass is 193 g/mol. The zero-order valence-corrected chi connectivity index (χ0v) is 8.58. The van der Waals surface area contributed by atoms with Crippen molar-refractivity contribution in [1.29, 1.82) is 0 Å². The third-order valence-corrected chi connectivity index (χ3v) is 4.34. The average molecular weight is 193 g/mol. The Bertz CT molecular complexity index is 257. The average Bonchev–Trinajstić information content (AvgIpc) is 2.45. The highest BCUT2D eigenvalue weighted by Gasteiger charge is 2.42. The molecule has 3 atom stereocenters. The van der Waals surface area contributed by atoms with Crippen LogP contribution < -0.4 is 5.32 Å². The van der Waals surface area contributed by atoms with Gasteiger partial charge in [0.2, 0.25) is 0 Å². The van der Waals surface area contributed by atoms with Gasteiger partial charge in [0.05, 0.1) is 5.60 Å². The SMILES string of the molecule is OC1(CNC2CC3CC=CC32)CCC1. The van der Waals surface area contributed by atoms with Crippen LogP contribution in [0.2, 0.25) is 0 Å². The molecular weight excluding hydrogens is 174 g/mol. The van der Waals surface area contributed by atoms with Crippen molar-refractivity contribution in [2.24, 2.45) is 11.8 Å². The van der Waals surface area contributed by atoms with Crippen LogP contribution >= 0.6 is 0 Å². The van der Waals surface area contributed by atoms with Crippen LogP contribution in [-0.2, 0) is 0 Å². The lowest BCUT2D eigenvalue weighted by molar-refractivity contribution is -0.0386.